The molecular formula is C17H24BrFN2O2. The summed E-state index contributed by atoms with van der Waals surface area (Å²) in [4.78, 5) is 24.6. The molecule has 0 heterocycles. The summed E-state index contributed by atoms with van der Waals surface area (Å²) in [6.07, 6.45) is 2.97. The zero-order valence-electron chi connectivity index (χ0n) is 13.7. The Morgan fingerprint density at radius 3 is 2.65 bits per heavy atom. The minimum Gasteiger partial charge on any atom is -0.356 e. The standard InChI is InChI=1S/C17H24BrFN2O2/c1-3-21(12-14-11-15(18)8-9-16(14)19)17(23)7-5-4-6-10-20-13(2)22/h8-9,11H,3-7,10,12H2,1-2H3,(H,20,22). The van der Waals surface area contributed by atoms with Gasteiger partial charge < -0.3 is 10.2 Å². The molecule has 0 saturated heterocycles. The number of unbranched alkanes of at least 4 members (excludes halogenated alkanes) is 2. The summed E-state index contributed by atoms with van der Waals surface area (Å²) >= 11 is 3.32. The van der Waals surface area contributed by atoms with Crippen molar-refractivity contribution in [1.82, 2.24) is 10.2 Å². The van der Waals surface area contributed by atoms with E-state index in [9.17, 15) is 14.0 Å². The van der Waals surface area contributed by atoms with Gasteiger partial charge in [0.1, 0.15) is 5.82 Å². The second-order valence-corrected chi connectivity index (χ2v) is 6.35. The first-order chi connectivity index (χ1) is 10.9. The summed E-state index contributed by atoms with van der Waals surface area (Å²) in [5.41, 5.74) is 0.514. The van der Waals surface area contributed by atoms with E-state index in [1.807, 2.05) is 6.92 Å². The van der Waals surface area contributed by atoms with Gasteiger partial charge in [-0.2, -0.15) is 0 Å². The van der Waals surface area contributed by atoms with Gasteiger partial charge in [0, 0.05) is 43.0 Å². The SMILES string of the molecule is CCN(Cc1cc(Br)ccc1F)C(=O)CCCCCNC(C)=O. The predicted octanol–water partition coefficient (Wildman–Crippen LogP) is 3.63. The smallest absolute Gasteiger partial charge is 0.222 e. The van der Waals surface area contributed by atoms with Gasteiger partial charge in [-0.1, -0.05) is 22.4 Å². The first-order valence-corrected chi connectivity index (χ1v) is 8.69. The summed E-state index contributed by atoms with van der Waals surface area (Å²) in [6, 6.07) is 4.75. The highest BCUT2D eigenvalue weighted by atomic mass is 79.9. The second-order valence-electron chi connectivity index (χ2n) is 5.44. The number of carbonyl (C=O) groups excluding carboxylic acids is 2. The number of halogens is 2. The van der Waals surface area contributed by atoms with Gasteiger partial charge in [0.05, 0.1) is 0 Å². The van der Waals surface area contributed by atoms with Crippen molar-refractivity contribution in [2.75, 3.05) is 13.1 Å². The van der Waals surface area contributed by atoms with Crippen LogP contribution in [-0.2, 0) is 16.1 Å². The normalized spacial score (nSPS) is 10.4. The molecule has 0 aliphatic rings. The zero-order valence-corrected chi connectivity index (χ0v) is 15.3. The lowest BCUT2D eigenvalue weighted by Crippen LogP contribution is -2.30. The topological polar surface area (TPSA) is 49.4 Å². The average Bonchev–Trinajstić information content (AvgIpc) is 2.51. The van der Waals surface area contributed by atoms with Gasteiger partial charge in [-0.25, -0.2) is 4.39 Å². The molecule has 23 heavy (non-hydrogen) atoms. The average molecular weight is 387 g/mol. The lowest BCUT2D eigenvalue weighted by molar-refractivity contribution is -0.131. The lowest BCUT2D eigenvalue weighted by atomic mass is 10.1. The van der Waals surface area contributed by atoms with Crippen molar-refractivity contribution >= 4 is 27.7 Å². The van der Waals surface area contributed by atoms with Gasteiger partial charge in [0.25, 0.3) is 0 Å². The Labute approximate surface area is 145 Å². The summed E-state index contributed by atoms with van der Waals surface area (Å²) in [5.74, 6) is -0.296. The van der Waals surface area contributed by atoms with Crippen molar-refractivity contribution < 1.29 is 14.0 Å². The molecule has 0 unspecified atom stereocenters. The Balaban J connectivity index is 2.40. The van der Waals surface area contributed by atoms with Crippen molar-refractivity contribution in [3.63, 3.8) is 0 Å². The maximum atomic E-state index is 13.8. The highest BCUT2D eigenvalue weighted by Gasteiger charge is 2.14. The number of amides is 2. The van der Waals surface area contributed by atoms with E-state index in [-0.39, 0.29) is 24.2 Å². The fourth-order valence-corrected chi connectivity index (χ4v) is 2.66. The summed E-state index contributed by atoms with van der Waals surface area (Å²) < 4.78 is 14.6. The van der Waals surface area contributed by atoms with E-state index >= 15 is 0 Å². The Morgan fingerprint density at radius 1 is 1.26 bits per heavy atom. The van der Waals surface area contributed by atoms with E-state index in [1.165, 1.54) is 13.0 Å². The fraction of sp³-hybridized carbons (Fsp3) is 0.529. The van der Waals surface area contributed by atoms with Crippen molar-refractivity contribution in [3.05, 3.63) is 34.1 Å². The van der Waals surface area contributed by atoms with Crippen LogP contribution in [0.4, 0.5) is 4.39 Å². The minimum absolute atomic E-state index is 0.0331. The predicted molar refractivity (Wildman–Crippen MR) is 92.3 cm³/mol. The molecule has 0 saturated carbocycles. The molecule has 4 nitrogen and oxygen atoms in total. The van der Waals surface area contributed by atoms with E-state index in [2.05, 4.69) is 21.2 Å². The van der Waals surface area contributed by atoms with E-state index in [4.69, 9.17) is 0 Å². The van der Waals surface area contributed by atoms with E-state index in [0.29, 0.717) is 25.1 Å². The molecule has 0 spiro atoms. The van der Waals surface area contributed by atoms with Gasteiger partial charge in [-0.15, -0.1) is 0 Å². The van der Waals surface area contributed by atoms with Crippen molar-refractivity contribution in [1.29, 1.82) is 0 Å². The Bertz CT molecular complexity index is 537. The molecule has 1 aromatic carbocycles. The van der Waals surface area contributed by atoms with Gasteiger partial charge >= 0.3 is 0 Å². The van der Waals surface area contributed by atoms with Crippen molar-refractivity contribution in [2.45, 2.75) is 46.1 Å². The molecule has 0 aromatic heterocycles. The molecule has 1 N–H and O–H groups in total. The quantitative estimate of drug-likeness (QED) is 0.658. The Kier molecular flexibility index (Phi) is 8.84. The first-order valence-electron chi connectivity index (χ1n) is 7.90. The molecule has 0 atom stereocenters. The second kappa shape index (κ2) is 10.4. The molecule has 6 heteroatoms. The van der Waals surface area contributed by atoms with Crippen LogP contribution in [0.3, 0.4) is 0 Å². The van der Waals surface area contributed by atoms with E-state index < -0.39 is 0 Å². The number of rotatable bonds is 9. The van der Waals surface area contributed by atoms with Crippen molar-refractivity contribution in [2.24, 2.45) is 0 Å². The van der Waals surface area contributed by atoms with Crippen LogP contribution in [0, 0.1) is 5.82 Å². The Hall–Kier alpha value is -1.43. The molecule has 128 valence electrons. The molecule has 0 bridgehead atoms. The summed E-state index contributed by atoms with van der Waals surface area (Å²) in [5, 5.41) is 2.73. The number of nitrogens with one attached hydrogen (secondary N) is 1. The summed E-state index contributed by atoms with van der Waals surface area (Å²) in [7, 11) is 0. The fourth-order valence-electron chi connectivity index (χ4n) is 2.25. The van der Waals surface area contributed by atoms with E-state index in [1.54, 1.807) is 17.0 Å². The van der Waals surface area contributed by atoms with Gasteiger partial charge in [-0.3, -0.25) is 9.59 Å². The third kappa shape index (κ3) is 7.59. The molecule has 1 rings (SSSR count). The van der Waals surface area contributed by atoms with Gasteiger partial charge in [0.2, 0.25) is 11.8 Å². The van der Waals surface area contributed by atoms with Crippen LogP contribution in [0.1, 0.15) is 45.1 Å². The van der Waals surface area contributed by atoms with Crippen LogP contribution in [0.5, 0.6) is 0 Å². The summed E-state index contributed by atoms with van der Waals surface area (Å²) in [6.45, 7) is 4.86. The zero-order chi connectivity index (χ0) is 17.2. The number of benzene rings is 1. The molecule has 0 fully saturated rings. The maximum absolute atomic E-state index is 13.8. The van der Waals surface area contributed by atoms with Gasteiger partial charge in [-0.05, 0) is 38.0 Å². The van der Waals surface area contributed by atoms with Crippen molar-refractivity contribution in [3.8, 4) is 0 Å². The third-order valence-electron chi connectivity index (χ3n) is 3.54. The number of hydrogen-bond donors (Lipinski definition) is 1. The van der Waals surface area contributed by atoms with Crippen LogP contribution >= 0.6 is 15.9 Å². The number of hydrogen-bond acceptors (Lipinski definition) is 2. The highest BCUT2D eigenvalue weighted by Crippen LogP contribution is 2.18. The molecule has 1 aromatic rings. The van der Waals surface area contributed by atoms with Gasteiger partial charge in [0.15, 0.2) is 0 Å². The minimum atomic E-state index is -0.297. The molecule has 0 radical (unpaired) electrons. The van der Waals surface area contributed by atoms with E-state index in [0.717, 1.165) is 23.7 Å². The largest absolute Gasteiger partial charge is 0.356 e. The third-order valence-corrected chi connectivity index (χ3v) is 4.04. The maximum Gasteiger partial charge on any atom is 0.222 e. The monoisotopic (exact) mass is 386 g/mol. The van der Waals surface area contributed by atoms with Crippen LogP contribution in [-0.4, -0.2) is 29.8 Å². The molecule has 2 amide bonds. The number of nitrogens with zero attached hydrogens (tertiary/aromatic N) is 1. The molecule has 0 aliphatic carbocycles. The molecular weight excluding hydrogens is 363 g/mol. The van der Waals surface area contributed by atoms with Crippen LogP contribution in [0.2, 0.25) is 0 Å². The van der Waals surface area contributed by atoms with Crippen LogP contribution in [0.25, 0.3) is 0 Å². The lowest BCUT2D eigenvalue weighted by Gasteiger charge is -2.21. The first kappa shape index (κ1) is 19.6. The van der Waals surface area contributed by atoms with Crippen LogP contribution < -0.4 is 5.32 Å². The number of carbonyl (C=O) groups is 2. The van der Waals surface area contributed by atoms with Crippen LogP contribution in [0.15, 0.2) is 22.7 Å². The molecule has 0 aliphatic heterocycles. The Morgan fingerprint density at radius 2 is 2.00 bits per heavy atom. The highest BCUT2D eigenvalue weighted by molar-refractivity contribution is 9.10.